The first-order valence-corrected chi connectivity index (χ1v) is 6.22. The van der Waals surface area contributed by atoms with Crippen molar-refractivity contribution in [3.63, 3.8) is 0 Å². The van der Waals surface area contributed by atoms with Crippen molar-refractivity contribution in [3.8, 4) is 0 Å². The second kappa shape index (κ2) is 7.91. The number of ether oxygens (including phenoxy) is 1. The monoisotopic (exact) mass is 261 g/mol. The van der Waals surface area contributed by atoms with Gasteiger partial charge in [0.15, 0.2) is 0 Å². The summed E-state index contributed by atoms with van der Waals surface area (Å²) in [7, 11) is 0. The van der Waals surface area contributed by atoms with Gasteiger partial charge in [-0.05, 0) is 36.7 Å². The molecule has 0 aliphatic carbocycles. The minimum atomic E-state index is 0.507. The van der Waals surface area contributed by atoms with E-state index in [0.29, 0.717) is 23.3 Å². The lowest BCUT2D eigenvalue weighted by atomic mass is 10.2. The van der Waals surface area contributed by atoms with Gasteiger partial charge in [0.1, 0.15) is 0 Å². The molecule has 1 aromatic carbocycles. The average molecular weight is 262 g/mol. The average Bonchev–Trinajstić information content (AvgIpc) is 2.28. The molecule has 1 N–H and O–H groups in total. The van der Waals surface area contributed by atoms with Gasteiger partial charge in [-0.3, -0.25) is 0 Å². The van der Waals surface area contributed by atoms with Gasteiger partial charge in [0, 0.05) is 16.6 Å². The molecular formula is C12H17Cl2NO. The van der Waals surface area contributed by atoms with E-state index in [1.165, 1.54) is 0 Å². The fourth-order valence-electron chi connectivity index (χ4n) is 1.28. The van der Waals surface area contributed by atoms with E-state index in [1.807, 2.05) is 6.07 Å². The van der Waals surface area contributed by atoms with Crippen LogP contribution in [0.2, 0.25) is 10.0 Å². The molecule has 1 rings (SSSR count). The molecule has 0 fully saturated rings. The van der Waals surface area contributed by atoms with Crippen molar-refractivity contribution in [1.82, 2.24) is 5.32 Å². The molecule has 0 heterocycles. The normalized spacial score (nSPS) is 10.7. The first-order chi connectivity index (χ1) is 7.74. The van der Waals surface area contributed by atoms with E-state index < -0.39 is 0 Å². The summed E-state index contributed by atoms with van der Waals surface area (Å²) < 4.78 is 5.50. The molecule has 0 unspecified atom stereocenters. The Hall–Kier alpha value is -0.280. The van der Waals surface area contributed by atoms with Gasteiger partial charge in [-0.1, -0.05) is 30.1 Å². The summed E-state index contributed by atoms with van der Waals surface area (Å²) in [5.74, 6) is 0. The molecule has 90 valence electrons. The molecule has 0 saturated carbocycles. The molecule has 4 heteroatoms. The summed E-state index contributed by atoms with van der Waals surface area (Å²) in [5, 5.41) is 4.65. The molecule has 0 aromatic heterocycles. The number of halogens is 2. The Bertz CT molecular complexity index is 318. The Morgan fingerprint density at radius 1 is 1.25 bits per heavy atom. The zero-order valence-electron chi connectivity index (χ0n) is 9.43. The van der Waals surface area contributed by atoms with Crippen LogP contribution in [0.25, 0.3) is 0 Å². The van der Waals surface area contributed by atoms with Crippen LogP contribution >= 0.6 is 23.2 Å². The van der Waals surface area contributed by atoms with E-state index >= 15 is 0 Å². The van der Waals surface area contributed by atoms with Crippen LogP contribution in [0.1, 0.15) is 18.9 Å². The van der Waals surface area contributed by atoms with Crippen molar-refractivity contribution in [3.05, 3.63) is 33.8 Å². The van der Waals surface area contributed by atoms with Crippen LogP contribution in [0.3, 0.4) is 0 Å². The van der Waals surface area contributed by atoms with Crippen LogP contribution in [0.5, 0.6) is 0 Å². The molecular weight excluding hydrogens is 245 g/mol. The van der Waals surface area contributed by atoms with Crippen molar-refractivity contribution >= 4 is 23.2 Å². The van der Waals surface area contributed by atoms with Gasteiger partial charge in [-0.15, -0.1) is 0 Å². The topological polar surface area (TPSA) is 21.3 Å². The fourth-order valence-corrected chi connectivity index (χ4v) is 1.65. The summed E-state index contributed by atoms with van der Waals surface area (Å²) in [6, 6.07) is 5.40. The molecule has 0 saturated heterocycles. The summed E-state index contributed by atoms with van der Waals surface area (Å²) in [5.41, 5.74) is 0.935. The molecule has 1 aromatic rings. The lowest BCUT2D eigenvalue weighted by Crippen LogP contribution is -2.20. The van der Waals surface area contributed by atoms with Gasteiger partial charge in [0.25, 0.3) is 0 Å². The predicted octanol–water partition coefficient (Wildman–Crippen LogP) is 3.51. The highest BCUT2D eigenvalue weighted by atomic mass is 35.5. The number of rotatable bonds is 7. The highest BCUT2D eigenvalue weighted by molar-refractivity contribution is 6.33. The molecule has 0 spiro atoms. The maximum atomic E-state index is 6.00. The smallest absolute Gasteiger partial charge is 0.0732 e. The highest BCUT2D eigenvalue weighted by Gasteiger charge is 2.01. The molecule has 0 bridgehead atoms. The molecule has 0 atom stereocenters. The van der Waals surface area contributed by atoms with Crippen LogP contribution in [0.4, 0.5) is 0 Å². The number of hydrogen-bond donors (Lipinski definition) is 1. The van der Waals surface area contributed by atoms with Crippen LogP contribution in [-0.2, 0) is 11.3 Å². The minimum Gasteiger partial charge on any atom is -0.375 e. The van der Waals surface area contributed by atoms with Crippen molar-refractivity contribution in [2.75, 3.05) is 19.7 Å². The third-order valence-corrected chi connectivity index (χ3v) is 2.72. The molecule has 16 heavy (non-hydrogen) atoms. The Kier molecular flexibility index (Phi) is 6.81. The van der Waals surface area contributed by atoms with E-state index in [9.17, 15) is 0 Å². The fraction of sp³-hybridized carbons (Fsp3) is 0.500. The predicted molar refractivity (Wildman–Crippen MR) is 69.3 cm³/mol. The van der Waals surface area contributed by atoms with Crippen LogP contribution in [0.15, 0.2) is 18.2 Å². The van der Waals surface area contributed by atoms with Gasteiger partial charge in [-0.25, -0.2) is 0 Å². The van der Waals surface area contributed by atoms with Crippen LogP contribution in [-0.4, -0.2) is 19.7 Å². The van der Waals surface area contributed by atoms with Crippen molar-refractivity contribution < 1.29 is 4.74 Å². The van der Waals surface area contributed by atoms with E-state index in [4.69, 9.17) is 27.9 Å². The maximum absolute atomic E-state index is 6.00. The van der Waals surface area contributed by atoms with Crippen molar-refractivity contribution in [1.29, 1.82) is 0 Å². The zero-order chi connectivity index (χ0) is 11.8. The number of hydrogen-bond acceptors (Lipinski definition) is 2. The van der Waals surface area contributed by atoms with Crippen LogP contribution < -0.4 is 5.32 Å². The SMILES string of the molecule is CCCNCCOCc1cc(Cl)ccc1Cl. The van der Waals surface area contributed by atoms with Crippen LogP contribution in [0, 0.1) is 0 Å². The van der Waals surface area contributed by atoms with E-state index in [0.717, 1.165) is 25.1 Å². The standard InChI is InChI=1S/C12H17Cl2NO/c1-2-5-15-6-7-16-9-10-8-11(13)3-4-12(10)14/h3-4,8,15H,2,5-7,9H2,1H3. The summed E-state index contributed by atoms with van der Waals surface area (Å²) in [4.78, 5) is 0. The number of nitrogens with one attached hydrogen (secondary N) is 1. The third kappa shape index (κ3) is 5.17. The molecule has 2 nitrogen and oxygen atoms in total. The third-order valence-electron chi connectivity index (χ3n) is 2.12. The zero-order valence-corrected chi connectivity index (χ0v) is 10.9. The lowest BCUT2D eigenvalue weighted by molar-refractivity contribution is 0.123. The summed E-state index contributed by atoms with van der Waals surface area (Å²) >= 11 is 11.9. The van der Waals surface area contributed by atoms with Gasteiger partial charge in [-0.2, -0.15) is 0 Å². The molecule has 0 aliphatic heterocycles. The van der Waals surface area contributed by atoms with Crippen molar-refractivity contribution in [2.45, 2.75) is 20.0 Å². The van der Waals surface area contributed by atoms with Gasteiger partial charge in [0.2, 0.25) is 0 Å². The van der Waals surface area contributed by atoms with Gasteiger partial charge in [0.05, 0.1) is 13.2 Å². The van der Waals surface area contributed by atoms with Gasteiger partial charge < -0.3 is 10.1 Å². The molecule has 0 amide bonds. The lowest BCUT2D eigenvalue weighted by Gasteiger charge is -2.07. The second-order valence-corrected chi connectivity index (χ2v) is 4.38. The van der Waals surface area contributed by atoms with Gasteiger partial charge >= 0.3 is 0 Å². The number of benzene rings is 1. The molecule has 0 radical (unpaired) electrons. The quantitative estimate of drug-likeness (QED) is 0.759. The van der Waals surface area contributed by atoms with E-state index in [2.05, 4.69) is 12.2 Å². The first kappa shape index (κ1) is 13.8. The Morgan fingerprint density at radius 2 is 2.06 bits per heavy atom. The molecule has 0 aliphatic rings. The minimum absolute atomic E-state index is 0.507. The highest BCUT2D eigenvalue weighted by Crippen LogP contribution is 2.21. The van der Waals surface area contributed by atoms with E-state index in [-0.39, 0.29) is 0 Å². The largest absolute Gasteiger partial charge is 0.375 e. The first-order valence-electron chi connectivity index (χ1n) is 5.46. The van der Waals surface area contributed by atoms with Crippen molar-refractivity contribution in [2.24, 2.45) is 0 Å². The Morgan fingerprint density at radius 3 is 2.81 bits per heavy atom. The van der Waals surface area contributed by atoms with E-state index in [1.54, 1.807) is 12.1 Å². The summed E-state index contributed by atoms with van der Waals surface area (Å²) in [6.45, 7) is 5.23. The Labute approximate surface area is 107 Å². The second-order valence-electron chi connectivity index (χ2n) is 3.54. The Balaban J connectivity index is 2.23. The maximum Gasteiger partial charge on any atom is 0.0732 e. The summed E-state index contributed by atoms with van der Waals surface area (Å²) in [6.07, 6.45) is 1.14.